The summed E-state index contributed by atoms with van der Waals surface area (Å²) in [5.74, 6) is 1.87. The molecular formula is C13H20O2. The van der Waals surface area contributed by atoms with Gasteiger partial charge in [-0.2, -0.15) is 0 Å². The zero-order valence-corrected chi connectivity index (χ0v) is 9.71. The molecule has 0 saturated heterocycles. The smallest absolute Gasteiger partial charge is 0.156 e. The quantitative estimate of drug-likeness (QED) is 0.621. The first-order valence-corrected chi connectivity index (χ1v) is 5.52. The molecule has 0 aliphatic heterocycles. The lowest BCUT2D eigenvalue weighted by Gasteiger charge is -2.19. The Morgan fingerprint density at radius 1 is 1.47 bits per heavy atom. The fraction of sp³-hybridized carbons (Fsp3) is 0.538. The Balaban J connectivity index is 2.70. The van der Waals surface area contributed by atoms with Crippen molar-refractivity contribution in [3.63, 3.8) is 0 Å². The van der Waals surface area contributed by atoms with Crippen LogP contribution in [0, 0.1) is 0 Å². The first kappa shape index (κ1) is 11.9. The molecule has 0 aromatic carbocycles. The summed E-state index contributed by atoms with van der Waals surface area (Å²) >= 11 is 0. The Morgan fingerprint density at radius 2 is 2.27 bits per heavy atom. The first-order chi connectivity index (χ1) is 7.31. The highest BCUT2D eigenvalue weighted by atomic mass is 16.5. The number of hydrogen-bond donors (Lipinski definition) is 0. The summed E-state index contributed by atoms with van der Waals surface area (Å²) < 4.78 is 11.0. The van der Waals surface area contributed by atoms with Crippen molar-refractivity contribution in [2.45, 2.75) is 32.6 Å². The molecular weight excluding hydrogens is 188 g/mol. The van der Waals surface area contributed by atoms with Gasteiger partial charge in [0, 0.05) is 6.42 Å². The number of hydrogen-bond acceptors (Lipinski definition) is 2. The van der Waals surface area contributed by atoms with Crippen LogP contribution in [-0.2, 0) is 9.47 Å². The zero-order chi connectivity index (χ0) is 11.1. The Morgan fingerprint density at radius 3 is 2.87 bits per heavy atom. The molecule has 0 unspecified atom stereocenters. The van der Waals surface area contributed by atoms with Gasteiger partial charge in [0.05, 0.1) is 13.7 Å². The Bertz CT molecular complexity index is 274. The highest BCUT2D eigenvalue weighted by molar-refractivity contribution is 5.27. The van der Waals surface area contributed by atoms with E-state index in [1.54, 1.807) is 7.11 Å². The van der Waals surface area contributed by atoms with E-state index >= 15 is 0 Å². The van der Waals surface area contributed by atoms with Crippen LogP contribution in [-0.4, -0.2) is 13.7 Å². The molecule has 0 saturated carbocycles. The number of rotatable bonds is 6. The van der Waals surface area contributed by atoms with Crippen molar-refractivity contribution in [1.82, 2.24) is 0 Å². The lowest BCUT2D eigenvalue weighted by atomic mass is 10.00. The lowest BCUT2D eigenvalue weighted by molar-refractivity contribution is 0.170. The van der Waals surface area contributed by atoms with Gasteiger partial charge in [-0.15, -0.1) is 6.58 Å². The van der Waals surface area contributed by atoms with E-state index < -0.39 is 0 Å². The van der Waals surface area contributed by atoms with Crippen LogP contribution in [0.2, 0.25) is 0 Å². The molecule has 0 bridgehead atoms. The van der Waals surface area contributed by atoms with E-state index in [0.717, 1.165) is 43.8 Å². The lowest BCUT2D eigenvalue weighted by Crippen LogP contribution is -2.05. The highest BCUT2D eigenvalue weighted by Gasteiger charge is 2.14. The summed E-state index contributed by atoms with van der Waals surface area (Å²) in [6.45, 7) is 6.62. The number of allylic oxidation sites excluding steroid dienone is 4. The molecule has 0 radical (unpaired) electrons. The van der Waals surface area contributed by atoms with Crippen LogP contribution >= 0.6 is 0 Å². The average Bonchev–Trinajstić information content (AvgIpc) is 2.27. The minimum absolute atomic E-state index is 0.771. The Kier molecular flexibility index (Phi) is 5.02. The molecule has 0 heterocycles. The molecule has 0 N–H and O–H groups in total. The van der Waals surface area contributed by atoms with Crippen molar-refractivity contribution < 1.29 is 9.47 Å². The standard InChI is InChI=1S/C13H20O2/c1-4-6-11-7-8-12(15-9-5-2)13(10-11)14-3/h4,10H,1,5-9H2,2-3H3. The van der Waals surface area contributed by atoms with E-state index in [4.69, 9.17) is 9.47 Å². The van der Waals surface area contributed by atoms with Crippen LogP contribution in [0.5, 0.6) is 0 Å². The van der Waals surface area contributed by atoms with E-state index in [9.17, 15) is 0 Å². The molecule has 2 heteroatoms. The van der Waals surface area contributed by atoms with E-state index in [0.29, 0.717) is 0 Å². The van der Waals surface area contributed by atoms with Gasteiger partial charge >= 0.3 is 0 Å². The van der Waals surface area contributed by atoms with Crippen LogP contribution in [0.1, 0.15) is 32.6 Å². The molecule has 1 rings (SSSR count). The van der Waals surface area contributed by atoms with E-state index in [1.807, 2.05) is 6.08 Å². The summed E-state index contributed by atoms with van der Waals surface area (Å²) in [6, 6.07) is 0. The molecule has 2 nitrogen and oxygen atoms in total. The van der Waals surface area contributed by atoms with E-state index in [1.165, 1.54) is 5.57 Å². The van der Waals surface area contributed by atoms with Gasteiger partial charge in [0.15, 0.2) is 5.76 Å². The fourth-order valence-electron chi connectivity index (χ4n) is 1.62. The van der Waals surface area contributed by atoms with Gasteiger partial charge in [-0.25, -0.2) is 0 Å². The van der Waals surface area contributed by atoms with Crippen molar-refractivity contribution in [3.8, 4) is 0 Å². The van der Waals surface area contributed by atoms with Crippen LogP contribution in [0.15, 0.2) is 35.8 Å². The second-order valence-corrected chi connectivity index (χ2v) is 3.64. The second-order valence-electron chi connectivity index (χ2n) is 3.64. The molecule has 1 aliphatic carbocycles. The van der Waals surface area contributed by atoms with Gasteiger partial charge in [-0.05, 0) is 25.3 Å². The molecule has 15 heavy (non-hydrogen) atoms. The SMILES string of the molecule is C=CCC1=CC(OC)=C(OCCC)CC1. The maximum atomic E-state index is 5.65. The van der Waals surface area contributed by atoms with Gasteiger partial charge in [0.2, 0.25) is 0 Å². The van der Waals surface area contributed by atoms with Crippen molar-refractivity contribution in [2.24, 2.45) is 0 Å². The molecule has 84 valence electrons. The zero-order valence-electron chi connectivity index (χ0n) is 9.71. The third-order valence-electron chi connectivity index (χ3n) is 2.39. The van der Waals surface area contributed by atoms with Gasteiger partial charge in [-0.3, -0.25) is 0 Å². The normalized spacial score (nSPS) is 16.0. The molecule has 0 amide bonds. The topological polar surface area (TPSA) is 18.5 Å². The third kappa shape index (κ3) is 3.46. The summed E-state index contributed by atoms with van der Waals surface area (Å²) in [7, 11) is 1.69. The minimum atomic E-state index is 0.771. The van der Waals surface area contributed by atoms with E-state index in [2.05, 4.69) is 19.6 Å². The maximum absolute atomic E-state index is 5.65. The third-order valence-corrected chi connectivity index (χ3v) is 2.39. The Labute approximate surface area is 92.3 Å². The molecule has 0 atom stereocenters. The molecule has 0 spiro atoms. The Hall–Kier alpha value is -1.18. The van der Waals surface area contributed by atoms with Crippen molar-refractivity contribution in [3.05, 3.63) is 35.8 Å². The highest BCUT2D eigenvalue weighted by Crippen LogP contribution is 2.27. The van der Waals surface area contributed by atoms with Gasteiger partial charge in [-0.1, -0.05) is 18.6 Å². The van der Waals surface area contributed by atoms with E-state index in [-0.39, 0.29) is 0 Å². The van der Waals surface area contributed by atoms with Crippen LogP contribution < -0.4 is 0 Å². The molecule has 1 aliphatic rings. The van der Waals surface area contributed by atoms with Crippen LogP contribution in [0.4, 0.5) is 0 Å². The summed E-state index contributed by atoms with van der Waals surface area (Å²) in [5, 5.41) is 0. The maximum Gasteiger partial charge on any atom is 0.156 e. The average molecular weight is 208 g/mol. The van der Waals surface area contributed by atoms with Crippen molar-refractivity contribution in [1.29, 1.82) is 0 Å². The summed E-state index contributed by atoms with van der Waals surface area (Å²) in [6.07, 6.45) is 7.98. The number of ether oxygens (including phenoxy) is 2. The van der Waals surface area contributed by atoms with Gasteiger partial charge < -0.3 is 9.47 Å². The predicted octanol–water partition coefficient (Wildman–Crippen LogP) is 3.57. The van der Waals surface area contributed by atoms with Crippen molar-refractivity contribution in [2.75, 3.05) is 13.7 Å². The second kappa shape index (κ2) is 6.33. The summed E-state index contributed by atoms with van der Waals surface area (Å²) in [4.78, 5) is 0. The van der Waals surface area contributed by atoms with Crippen molar-refractivity contribution >= 4 is 0 Å². The summed E-state index contributed by atoms with van der Waals surface area (Å²) in [5.41, 5.74) is 1.37. The van der Waals surface area contributed by atoms with Gasteiger partial charge in [0.25, 0.3) is 0 Å². The largest absolute Gasteiger partial charge is 0.494 e. The fourth-order valence-corrected chi connectivity index (χ4v) is 1.62. The molecule has 0 fully saturated rings. The van der Waals surface area contributed by atoms with Crippen LogP contribution in [0.25, 0.3) is 0 Å². The minimum Gasteiger partial charge on any atom is -0.494 e. The number of methoxy groups -OCH3 is 1. The predicted molar refractivity (Wildman–Crippen MR) is 62.4 cm³/mol. The molecule has 0 aromatic rings. The van der Waals surface area contributed by atoms with Crippen LogP contribution in [0.3, 0.4) is 0 Å². The van der Waals surface area contributed by atoms with Gasteiger partial charge in [0.1, 0.15) is 5.76 Å². The monoisotopic (exact) mass is 208 g/mol. The molecule has 0 aromatic heterocycles. The first-order valence-electron chi connectivity index (χ1n) is 5.52.